The van der Waals surface area contributed by atoms with Gasteiger partial charge in [-0.2, -0.15) is 0 Å². The lowest BCUT2D eigenvalue weighted by atomic mass is 9.92. The molecule has 0 aromatic heterocycles. The van der Waals surface area contributed by atoms with Gasteiger partial charge in [0, 0.05) is 19.6 Å². The standard InChI is InChI=1S/C16H20ClNO2/c1-20-9-11(17)8-18-16(19)15-13-7-6-10-4-2-3-5-12(10)14(13)15/h2-5,11,13-15H,6-9H2,1H3,(H,18,19). The average molecular weight is 294 g/mol. The van der Waals surface area contributed by atoms with Crippen LogP contribution in [0.15, 0.2) is 24.3 Å². The third-order valence-corrected chi connectivity index (χ3v) is 4.76. The van der Waals surface area contributed by atoms with Gasteiger partial charge in [-0.3, -0.25) is 4.79 Å². The predicted octanol–water partition coefficient (Wildman–Crippen LogP) is 2.33. The van der Waals surface area contributed by atoms with Crippen LogP contribution in [0, 0.1) is 11.8 Å². The molecule has 1 amide bonds. The van der Waals surface area contributed by atoms with Gasteiger partial charge >= 0.3 is 0 Å². The van der Waals surface area contributed by atoms with Gasteiger partial charge in [-0.25, -0.2) is 0 Å². The van der Waals surface area contributed by atoms with Crippen LogP contribution in [0.4, 0.5) is 0 Å². The fraction of sp³-hybridized carbons (Fsp3) is 0.562. The van der Waals surface area contributed by atoms with Gasteiger partial charge in [-0.1, -0.05) is 24.3 Å². The summed E-state index contributed by atoms with van der Waals surface area (Å²) in [7, 11) is 1.61. The Morgan fingerprint density at radius 2 is 2.30 bits per heavy atom. The zero-order chi connectivity index (χ0) is 14.1. The zero-order valence-corrected chi connectivity index (χ0v) is 12.4. The molecule has 1 aromatic carbocycles. The number of methoxy groups -OCH3 is 1. The monoisotopic (exact) mass is 293 g/mol. The number of fused-ring (bicyclic) bond motifs is 3. The fourth-order valence-electron chi connectivity index (χ4n) is 3.49. The topological polar surface area (TPSA) is 38.3 Å². The molecule has 4 atom stereocenters. The first kappa shape index (κ1) is 13.9. The molecule has 1 saturated carbocycles. The predicted molar refractivity (Wildman–Crippen MR) is 79.0 cm³/mol. The van der Waals surface area contributed by atoms with E-state index >= 15 is 0 Å². The first-order valence-corrected chi connectivity index (χ1v) is 7.64. The van der Waals surface area contributed by atoms with Crippen molar-refractivity contribution in [2.75, 3.05) is 20.3 Å². The Morgan fingerprint density at radius 1 is 1.50 bits per heavy atom. The first-order chi connectivity index (χ1) is 9.72. The molecule has 2 aliphatic rings. The summed E-state index contributed by atoms with van der Waals surface area (Å²) >= 11 is 6.04. The Kier molecular flexibility index (Phi) is 3.99. The van der Waals surface area contributed by atoms with Crippen molar-refractivity contribution in [3.63, 3.8) is 0 Å². The summed E-state index contributed by atoms with van der Waals surface area (Å²) in [5, 5.41) is 2.81. The molecule has 0 bridgehead atoms. The number of aryl methyl sites for hydroxylation is 1. The number of benzene rings is 1. The number of nitrogens with one attached hydrogen (secondary N) is 1. The SMILES string of the molecule is COCC(Cl)CNC(=O)C1C2CCc3ccccc3C21. The summed E-state index contributed by atoms with van der Waals surface area (Å²) in [5.41, 5.74) is 2.79. The molecule has 0 aliphatic heterocycles. The molecule has 0 radical (unpaired) electrons. The molecular weight excluding hydrogens is 274 g/mol. The summed E-state index contributed by atoms with van der Waals surface area (Å²) in [6, 6.07) is 8.52. The van der Waals surface area contributed by atoms with Crippen molar-refractivity contribution in [1.29, 1.82) is 0 Å². The number of hydrogen-bond donors (Lipinski definition) is 1. The Balaban J connectivity index is 1.60. The van der Waals surface area contributed by atoms with Crippen molar-refractivity contribution >= 4 is 17.5 Å². The number of ether oxygens (including phenoxy) is 1. The summed E-state index contributed by atoms with van der Waals surface area (Å²) in [5.74, 6) is 1.25. The number of carbonyl (C=O) groups is 1. The van der Waals surface area contributed by atoms with E-state index in [1.807, 2.05) is 0 Å². The highest BCUT2D eigenvalue weighted by atomic mass is 35.5. The second-order valence-corrected chi connectivity index (χ2v) is 6.37. The number of hydrogen-bond acceptors (Lipinski definition) is 2. The van der Waals surface area contributed by atoms with Crippen LogP contribution >= 0.6 is 11.6 Å². The van der Waals surface area contributed by atoms with E-state index in [1.54, 1.807) is 7.11 Å². The van der Waals surface area contributed by atoms with Gasteiger partial charge in [0.05, 0.1) is 12.0 Å². The van der Waals surface area contributed by atoms with E-state index in [0.717, 1.165) is 12.8 Å². The van der Waals surface area contributed by atoms with E-state index in [-0.39, 0.29) is 17.2 Å². The molecule has 1 aromatic rings. The summed E-state index contributed by atoms with van der Waals surface area (Å²) in [6.07, 6.45) is 2.23. The van der Waals surface area contributed by atoms with Crippen LogP contribution in [0.25, 0.3) is 0 Å². The number of carbonyl (C=O) groups excluding carboxylic acids is 1. The van der Waals surface area contributed by atoms with E-state index in [9.17, 15) is 4.79 Å². The lowest BCUT2D eigenvalue weighted by Crippen LogP contribution is -2.33. The lowest BCUT2D eigenvalue weighted by Gasteiger charge is -2.13. The largest absolute Gasteiger partial charge is 0.383 e. The minimum atomic E-state index is -0.156. The van der Waals surface area contributed by atoms with Crippen LogP contribution in [0.5, 0.6) is 0 Å². The third-order valence-electron chi connectivity index (χ3n) is 4.48. The van der Waals surface area contributed by atoms with Gasteiger partial charge in [-0.05, 0) is 35.8 Å². The molecule has 1 N–H and O–H groups in total. The highest BCUT2D eigenvalue weighted by molar-refractivity contribution is 6.21. The quantitative estimate of drug-likeness (QED) is 0.846. The Hall–Kier alpha value is -1.06. The van der Waals surface area contributed by atoms with Gasteiger partial charge < -0.3 is 10.1 Å². The Bertz CT molecular complexity index is 505. The normalized spacial score (nSPS) is 28.2. The highest BCUT2D eigenvalue weighted by Gasteiger charge is 2.56. The van der Waals surface area contributed by atoms with Crippen LogP contribution in [0.1, 0.15) is 23.5 Å². The van der Waals surface area contributed by atoms with Crippen molar-refractivity contribution in [3.05, 3.63) is 35.4 Å². The summed E-state index contributed by atoms with van der Waals surface area (Å²) < 4.78 is 4.97. The minimum absolute atomic E-state index is 0.144. The van der Waals surface area contributed by atoms with Crippen molar-refractivity contribution < 1.29 is 9.53 Å². The maximum Gasteiger partial charge on any atom is 0.224 e. The van der Waals surface area contributed by atoms with Gasteiger partial charge in [-0.15, -0.1) is 11.6 Å². The van der Waals surface area contributed by atoms with Crippen molar-refractivity contribution in [1.82, 2.24) is 5.32 Å². The van der Waals surface area contributed by atoms with Gasteiger partial charge in [0.25, 0.3) is 0 Å². The van der Waals surface area contributed by atoms with E-state index < -0.39 is 0 Å². The molecule has 0 spiro atoms. The third kappa shape index (κ3) is 2.57. The minimum Gasteiger partial charge on any atom is -0.383 e. The molecular formula is C16H20ClNO2. The maximum absolute atomic E-state index is 12.3. The summed E-state index contributed by atoms with van der Waals surface area (Å²) in [6.45, 7) is 0.939. The Morgan fingerprint density at radius 3 is 3.10 bits per heavy atom. The molecule has 3 nitrogen and oxygen atoms in total. The van der Waals surface area contributed by atoms with Crippen LogP contribution in [0.2, 0.25) is 0 Å². The molecule has 4 unspecified atom stereocenters. The number of amides is 1. The molecule has 20 heavy (non-hydrogen) atoms. The molecule has 2 aliphatic carbocycles. The zero-order valence-electron chi connectivity index (χ0n) is 11.6. The highest BCUT2D eigenvalue weighted by Crippen LogP contribution is 2.59. The van der Waals surface area contributed by atoms with Crippen molar-refractivity contribution in [3.8, 4) is 0 Å². The van der Waals surface area contributed by atoms with Crippen LogP contribution in [0.3, 0.4) is 0 Å². The second-order valence-electron chi connectivity index (χ2n) is 5.75. The number of halogens is 1. The summed E-state index contributed by atoms with van der Waals surface area (Å²) in [4.78, 5) is 12.3. The molecule has 108 valence electrons. The van der Waals surface area contributed by atoms with Crippen molar-refractivity contribution in [2.24, 2.45) is 11.8 Å². The Labute approximate surface area is 124 Å². The van der Waals surface area contributed by atoms with Crippen LogP contribution in [-0.4, -0.2) is 31.5 Å². The number of alkyl halides is 1. The smallest absolute Gasteiger partial charge is 0.224 e. The first-order valence-electron chi connectivity index (χ1n) is 7.21. The van der Waals surface area contributed by atoms with Crippen LogP contribution < -0.4 is 5.32 Å². The fourth-order valence-corrected chi connectivity index (χ4v) is 3.70. The van der Waals surface area contributed by atoms with Gasteiger partial charge in [0.1, 0.15) is 0 Å². The number of rotatable bonds is 5. The lowest BCUT2D eigenvalue weighted by molar-refractivity contribution is -0.122. The van der Waals surface area contributed by atoms with Gasteiger partial charge in [0.15, 0.2) is 0 Å². The van der Waals surface area contributed by atoms with E-state index in [0.29, 0.717) is 25.0 Å². The maximum atomic E-state index is 12.3. The van der Waals surface area contributed by atoms with E-state index in [2.05, 4.69) is 29.6 Å². The molecule has 3 rings (SSSR count). The molecule has 0 saturated heterocycles. The molecule has 4 heteroatoms. The van der Waals surface area contributed by atoms with Crippen LogP contribution in [-0.2, 0) is 16.0 Å². The second kappa shape index (κ2) is 5.74. The molecule has 1 fully saturated rings. The van der Waals surface area contributed by atoms with Crippen molar-refractivity contribution in [2.45, 2.75) is 24.1 Å². The molecule has 0 heterocycles. The van der Waals surface area contributed by atoms with E-state index in [1.165, 1.54) is 11.1 Å². The average Bonchev–Trinajstić information content (AvgIpc) is 3.20. The van der Waals surface area contributed by atoms with E-state index in [4.69, 9.17) is 16.3 Å². The van der Waals surface area contributed by atoms with Gasteiger partial charge in [0.2, 0.25) is 5.91 Å².